The van der Waals surface area contributed by atoms with E-state index in [1.807, 2.05) is 13.2 Å². The van der Waals surface area contributed by atoms with Crippen molar-refractivity contribution >= 4 is 0 Å². The van der Waals surface area contributed by atoms with E-state index < -0.39 is 0 Å². The maximum Gasteiger partial charge on any atom is 0.126 e. The van der Waals surface area contributed by atoms with Crippen LogP contribution in [-0.4, -0.2) is 16.6 Å². The van der Waals surface area contributed by atoms with Crippen LogP contribution >= 0.6 is 0 Å². The third-order valence-electron chi connectivity index (χ3n) is 3.56. The summed E-state index contributed by atoms with van der Waals surface area (Å²) in [7, 11) is 2.01. The summed E-state index contributed by atoms with van der Waals surface area (Å²) in [6.07, 6.45) is 6.07. The fourth-order valence-electron chi connectivity index (χ4n) is 2.44. The molecule has 0 amide bonds. The fraction of sp³-hybridized carbons (Fsp3) is 0.438. The summed E-state index contributed by atoms with van der Waals surface area (Å²) in [5.41, 5.74) is 2.73. The number of nitrogens with zero attached hydrogens (tertiary/aromatic N) is 2. The first-order chi connectivity index (χ1) is 9.26. The van der Waals surface area contributed by atoms with E-state index in [0.717, 1.165) is 25.2 Å². The van der Waals surface area contributed by atoms with Crippen molar-refractivity contribution in [3.05, 3.63) is 53.6 Å². The molecule has 102 valence electrons. The Labute approximate surface area is 115 Å². The molecule has 0 spiro atoms. The van der Waals surface area contributed by atoms with E-state index in [4.69, 9.17) is 0 Å². The summed E-state index contributed by atoms with van der Waals surface area (Å²) in [5.74, 6) is 1.13. The van der Waals surface area contributed by atoms with Crippen molar-refractivity contribution in [2.75, 3.05) is 7.05 Å². The van der Waals surface area contributed by atoms with Crippen molar-refractivity contribution in [3.63, 3.8) is 0 Å². The molecule has 0 saturated heterocycles. The minimum Gasteiger partial charge on any atom is -0.334 e. The summed E-state index contributed by atoms with van der Waals surface area (Å²) in [6.45, 7) is 5.39. The molecule has 1 aromatic heterocycles. The first kappa shape index (κ1) is 13.8. The molecule has 3 nitrogen and oxygen atoms in total. The highest BCUT2D eigenvalue weighted by Gasteiger charge is 2.16. The van der Waals surface area contributed by atoms with Crippen molar-refractivity contribution in [3.8, 4) is 0 Å². The second-order valence-corrected chi connectivity index (χ2v) is 4.95. The maximum absolute atomic E-state index is 4.53. The second kappa shape index (κ2) is 6.53. The molecule has 19 heavy (non-hydrogen) atoms. The number of aryl methyl sites for hydroxylation is 2. The number of aromatic nitrogens is 2. The summed E-state index contributed by atoms with van der Waals surface area (Å²) in [4.78, 5) is 4.53. The quantitative estimate of drug-likeness (QED) is 0.861. The molecule has 1 unspecified atom stereocenters. The smallest absolute Gasteiger partial charge is 0.126 e. The van der Waals surface area contributed by atoms with E-state index in [9.17, 15) is 0 Å². The van der Waals surface area contributed by atoms with Gasteiger partial charge in [-0.25, -0.2) is 4.98 Å². The maximum atomic E-state index is 4.53. The molecule has 1 N–H and O–H groups in total. The van der Waals surface area contributed by atoms with Gasteiger partial charge in [-0.1, -0.05) is 31.2 Å². The van der Waals surface area contributed by atoms with Gasteiger partial charge in [0.25, 0.3) is 0 Å². The van der Waals surface area contributed by atoms with Gasteiger partial charge >= 0.3 is 0 Å². The molecule has 1 aromatic carbocycles. The van der Waals surface area contributed by atoms with Gasteiger partial charge in [0, 0.05) is 18.9 Å². The Morgan fingerprint density at radius 2 is 2.11 bits per heavy atom. The van der Waals surface area contributed by atoms with E-state index in [1.54, 1.807) is 0 Å². The number of hydrogen-bond acceptors (Lipinski definition) is 2. The van der Waals surface area contributed by atoms with Crippen LogP contribution in [0.5, 0.6) is 0 Å². The zero-order chi connectivity index (χ0) is 13.7. The van der Waals surface area contributed by atoms with E-state index in [2.05, 4.69) is 59.2 Å². The Morgan fingerprint density at radius 1 is 1.32 bits per heavy atom. The molecule has 2 rings (SSSR count). The van der Waals surface area contributed by atoms with Crippen LogP contribution in [0.1, 0.15) is 36.3 Å². The lowest BCUT2D eigenvalue weighted by Gasteiger charge is -2.18. The van der Waals surface area contributed by atoms with Gasteiger partial charge in [-0.3, -0.25) is 0 Å². The van der Waals surface area contributed by atoms with Crippen molar-refractivity contribution < 1.29 is 0 Å². The van der Waals surface area contributed by atoms with Gasteiger partial charge in [-0.2, -0.15) is 0 Å². The van der Waals surface area contributed by atoms with Crippen LogP contribution in [-0.2, 0) is 13.0 Å². The average Bonchev–Trinajstić information content (AvgIpc) is 2.86. The molecular weight excluding hydrogens is 234 g/mol. The lowest BCUT2D eigenvalue weighted by atomic mass is 10.0. The summed E-state index contributed by atoms with van der Waals surface area (Å²) in [6, 6.07) is 8.83. The van der Waals surface area contributed by atoms with E-state index >= 15 is 0 Å². The first-order valence-corrected chi connectivity index (χ1v) is 6.99. The molecule has 0 fully saturated rings. The van der Waals surface area contributed by atoms with Crippen LogP contribution < -0.4 is 5.32 Å². The summed E-state index contributed by atoms with van der Waals surface area (Å²) >= 11 is 0. The second-order valence-electron chi connectivity index (χ2n) is 4.95. The van der Waals surface area contributed by atoms with Crippen LogP contribution in [0.3, 0.4) is 0 Å². The van der Waals surface area contributed by atoms with Gasteiger partial charge < -0.3 is 9.88 Å². The lowest BCUT2D eigenvalue weighted by molar-refractivity contribution is 0.511. The van der Waals surface area contributed by atoms with E-state index in [1.165, 1.54) is 11.1 Å². The Hall–Kier alpha value is -1.61. The highest BCUT2D eigenvalue weighted by Crippen LogP contribution is 2.19. The van der Waals surface area contributed by atoms with Crippen molar-refractivity contribution in [2.24, 2.45) is 0 Å². The molecule has 1 heterocycles. The predicted molar refractivity (Wildman–Crippen MR) is 79.2 cm³/mol. The van der Waals surface area contributed by atoms with Gasteiger partial charge in [-0.05, 0) is 37.9 Å². The SMILES string of the molecule is CCCn1ccnc1C(Cc1ccccc1C)NC. The molecule has 0 bridgehead atoms. The summed E-state index contributed by atoms with van der Waals surface area (Å²) in [5, 5.41) is 3.40. The molecular formula is C16H23N3. The minimum atomic E-state index is 0.266. The third-order valence-corrected chi connectivity index (χ3v) is 3.56. The normalized spacial score (nSPS) is 12.6. The number of benzene rings is 1. The van der Waals surface area contributed by atoms with Crippen molar-refractivity contribution in [1.82, 2.24) is 14.9 Å². The molecule has 0 aliphatic heterocycles. The van der Waals surface area contributed by atoms with Gasteiger partial charge in [-0.15, -0.1) is 0 Å². The Morgan fingerprint density at radius 3 is 2.79 bits per heavy atom. The van der Waals surface area contributed by atoms with E-state index in [0.29, 0.717) is 0 Å². The molecule has 3 heteroatoms. The number of nitrogens with one attached hydrogen (secondary N) is 1. The number of rotatable bonds is 6. The first-order valence-electron chi connectivity index (χ1n) is 6.99. The molecule has 1 atom stereocenters. The van der Waals surface area contributed by atoms with Crippen molar-refractivity contribution in [2.45, 2.75) is 39.3 Å². The molecule has 0 aliphatic rings. The van der Waals surface area contributed by atoms with Crippen LogP contribution in [0.25, 0.3) is 0 Å². The lowest BCUT2D eigenvalue weighted by Crippen LogP contribution is -2.23. The standard InChI is InChI=1S/C16H23N3/c1-4-10-19-11-9-18-16(19)15(17-3)12-14-8-6-5-7-13(14)2/h5-9,11,15,17H,4,10,12H2,1-3H3. The van der Waals surface area contributed by atoms with Crippen LogP contribution in [0.2, 0.25) is 0 Å². The minimum absolute atomic E-state index is 0.266. The van der Waals surface area contributed by atoms with Crippen LogP contribution in [0, 0.1) is 6.92 Å². The van der Waals surface area contributed by atoms with Gasteiger partial charge in [0.05, 0.1) is 6.04 Å². The van der Waals surface area contributed by atoms with Crippen molar-refractivity contribution in [1.29, 1.82) is 0 Å². The van der Waals surface area contributed by atoms with Gasteiger partial charge in [0.1, 0.15) is 5.82 Å². The summed E-state index contributed by atoms with van der Waals surface area (Å²) < 4.78 is 2.25. The van der Waals surface area contributed by atoms with Gasteiger partial charge in [0.15, 0.2) is 0 Å². The highest BCUT2D eigenvalue weighted by atomic mass is 15.1. The average molecular weight is 257 g/mol. The fourth-order valence-corrected chi connectivity index (χ4v) is 2.44. The highest BCUT2D eigenvalue weighted by molar-refractivity contribution is 5.27. The Kier molecular flexibility index (Phi) is 4.74. The Balaban J connectivity index is 2.20. The molecule has 0 saturated carbocycles. The zero-order valence-electron chi connectivity index (χ0n) is 12.1. The van der Waals surface area contributed by atoms with Crippen LogP contribution in [0.15, 0.2) is 36.7 Å². The molecule has 0 radical (unpaired) electrons. The third kappa shape index (κ3) is 3.24. The monoisotopic (exact) mass is 257 g/mol. The number of imidazole rings is 1. The molecule has 2 aromatic rings. The zero-order valence-corrected chi connectivity index (χ0v) is 12.1. The largest absolute Gasteiger partial charge is 0.334 e. The topological polar surface area (TPSA) is 29.9 Å². The molecule has 0 aliphatic carbocycles. The van der Waals surface area contributed by atoms with Crippen LogP contribution in [0.4, 0.5) is 0 Å². The number of likely N-dealkylation sites (N-methyl/N-ethyl adjacent to an activating group) is 1. The van der Waals surface area contributed by atoms with Gasteiger partial charge in [0.2, 0.25) is 0 Å². The van der Waals surface area contributed by atoms with E-state index in [-0.39, 0.29) is 6.04 Å². The predicted octanol–water partition coefficient (Wildman–Crippen LogP) is 3.10. The Bertz CT molecular complexity index is 516. The number of hydrogen-bond donors (Lipinski definition) is 1.